The molecule has 0 radical (unpaired) electrons. The molecule has 1 N–H and O–H groups in total. The van der Waals surface area contributed by atoms with E-state index in [0.29, 0.717) is 12.6 Å². The van der Waals surface area contributed by atoms with Gasteiger partial charge in [0.15, 0.2) is 0 Å². The molecule has 140 valence electrons. The number of aliphatic hydroxyl groups is 1. The van der Waals surface area contributed by atoms with E-state index in [9.17, 15) is 9.90 Å². The number of carbonyl (C=O) groups excluding carboxylic acids is 1. The van der Waals surface area contributed by atoms with Gasteiger partial charge in [0, 0.05) is 23.7 Å². The van der Waals surface area contributed by atoms with E-state index in [-0.39, 0.29) is 18.6 Å². The Hall–Kier alpha value is -2.47. The van der Waals surface area contributed by atoms with Gasteiger partial charge in [0.05, 0.1) is 37.0 Å². The van der Waals surface area contributed by atoms with Gasteiger partial charge in [-0.3, -0.25) is 14.5 Å². The third-order valence-corrected chi connectivity index (χ3v) is 6.02. The molecule has 2 aliphatic carbocycles. The van der Waals surface area contributed by atoms with Gasteiger partial charge in [-0.15, -0.1) is 0 Å². The predicted molar refractivity (Wildman–Crippen MR) is 104 cm³/mol. The third-order valence-electron chi connectivity index (χ3n) is 6.02. The average Bonchev–Trinajstić information content (AvgIpc) is 3.25. The molecule has 0 saturated heterocycles. The smallest absolute Gasteiger partial charge is 0.255 e. The first-order valence-electron chi connectivity index (χ1n) is 9.85. The SMILES string of the molecule is O=C(c1cccc2c1cnn2CCO)N(C1CC1)C1CCC2=C(C=NC2)C1. The van der Waals surface area contributed by atoms with Crippen molar-refractivity contribution >= 4 is 23.0 Å². The first-order chi connectivity index (χ1) is 13.3. The highest BCUT2D eigenvalue weighted by molar-refractivity contribution is 6.06. The van der Waals surface area contributed by atoms with Crippen molar-refractivity contribution in [2.45, 2.75) is 50.7 Å². The molecule has 6 heteroatoms. The molecular weight excluding hydrogens is 340 g/mol. The number of hydrogen-bond donors (Lipinski definition) is 1. The lowest BCUT2D eigenvalue weighted by molar-refractivity contribution is 0.0647. The van der Waals surface area contributed by atoms with E-state index in [4.69, 9.17) is 0 Å². The van der Waals surface area contributed by atoms with Crippen molar-refractivity contribution in [1.82, 2.24) is 14.7 Å². The Labute approximate surface area is 158 Å². The van der Waals surface area contributed by atoms with E-state index in [1.54, 1.807) is 10.9 Å². The number of carbonyl (C=O) groups is 1. The van der Waals surface area contributed by atoms with Gasteiger partial charge in [-0.25, -0.2) is 0 Å². The Bertz CT molecular complexity index is 954. The molecule has 1 aromatic carbocycles. The fourth-order valence-electron chi connectivity index (χ4n) is 4.51. The summed E-state index contributed by atoms with van der Waals surface area (Å²) in [7, 11) is 0. The van der Waals surface area contributed by atoms with Gasteiger partial charge in [-0.05, 0) is 55.4 Å². The van der Waals surface area contributed by atoms with E-state index in [2.05, 4.69) is 15.0 Å². The normalized spacial score (nSPS) is 21.7. The van der Waals surface area contributed by atoms with Crippen molar-refractivity contribution < 1.29 is 9.90 Å². The molecule has 1 amide bonds. The van der Waals surface area contributed by atoms with Crippen molar-refractivity contribution in [3.63, 3.8) is 0 Å². The van der Waals surface area contributed by atoms with Gasteiger partial charge < -0.3 is 10.0 Å². The minimum absolute atomic E-state index is 0.0320. The number of aliphatic imine (C=N–C) groups is 1. The molecule has 1 fully saturated rings. The van der Waals surface area contributed by atoms with Crippen molar-refractivity contribution in [2.24, 2.45) is 4.99 Å². The summed E-state index contributed by atoms with van der Waals surface area (Å²) in [6, 6.07) is 6.42. The van der Waals surface area contributed by atoms with Gasteiger partial charge in [0.1, 0.15) is 0 Å². The monoisotopic (exact) mass is 364 g/mol. The van der Waals surface area contributed by atoms with Crippen molar-refractivity contribution in [1.29, 1.82) is 0 Å². The maximum atomic E-state index is 13.6. The van der Waals surface area contributed by atoms with Crippen molar-refractivity contribution in [3.8, 4) is 0 Å². The van der Waals surface area contributed by atoms with Gasteiger partial charge >= 0.3 is 0 Å². The van der Waals surface area contributed by atoms with Gasteiger partial charge in [-0.1, -0.05) is 6.07 Å². The number of hydrogen-bond acceptors (Lipinski definition) is 4. The Morgan fingerprint density at radius 1 is 1.26 bits per heavy atom. The molecule has 1 aliphatic heterocycles. The van der Waals surface area contributed by atoms with Crippen LogP contribution in [-0.4, -0.2) is 57.1 Å². The quantitative estimate of drug-likeness (QED) is 0.886. The summed E-state index contributed by atoms with van der Waals surface area (Å²) < 4.78 is 1.76. The molecule has 6 nitrogen and oxygen atoms in total. The second-order valence-corrected chi connectivity index (χ2v) is 7.77. The average molecular weight is 364 g/mol. The molecule has 1 aromatic heterocycles. The molecule has 1 atom stereocenters. The summed E-state index contributed by atoms with van der Waals surface area (Å²) >= 11 is 0. The Morgan fingerprint density at radius 3 is 2.96 bits per heavy atom. The summed E-state index contributed by atoms with van der Waals surface area (Å²) in [5.41, 5.74) is 4.44. The number of aromatic nitrogens is 2. The second-order valence-electron chi connectivity index (χ2n) is 7.77. The fraction of sp³-hybridized carbons (Fsp3) is 0.476. The highest BCUT2D eigenvalue weighted by atomic mass is 16.3. The molecular formula is C21H24N4O2. The van der Waals surface area contributed by atoms with Crippen LogP contribution in [0.15, 0.2) is 40.5 Å². The van der Waals surface area contributed by atoms with Crippen LogP contribution in [0.1, 0.15) is 42.5 Å². The van der Waals surface area contributed by atoms with Gasteiger partial charge in [0.2, 0.25) is 0 Å². The van der Waals surface area contributed by atoms with Crippen LogP contribution in [0.5, 0.6) is 0 Å². The topological polar surface area (TPSA) is 70.7 Å². The predicted octanol–water partition coefficient (Wildman–Crippen LogP) is 2.57. The third kappa shape index (κ3) is 2.88. The number of rotatable bonds is 5. The minimum Gasteiger partial charge on any atom is -0.394 e. The van der Waals surface area contributed by atoms with Crippen LogP contribution in [0.25, 0.3) is 10.9 Å². The standard InChI is InChI=1S/C21H24N4O2/c26-9-8-24-20-3-1-2-18(19(20)13-23-24)21(27)25(16-6-7-16)17-5-4-14-11-22-12-15(14)10-17/h1-3,12-13,16-17,26H,4-11H2. The molecule has 3 aliphatic rings. The Kier molecular flexibility index (Phi) is 4.08. The van der Waals surface area contributed by atoms with E-state index in [1.807, 2.05) is 24.4 Å². The number of benzene rings is 1. The lowest BCUT2D eigenvalue weighted by atomic mass is 9.88. The highest BCUT2D eigenvalue weighted by Crippen LogP contribution is 2.38. The zero-order valence-electron chi connectivity index (χ0n) is 15.3. The molecule has 27 heavy (non-hydrogen) atoms. The van der Waals surface area contributed by atoms with Crippen LogP contribution in [0.2, 0.25) is 0 Å². The molecule has 1 unspecified atom stereocenters. The Morgan fingerprint density at radius 2 is 2.15 bits per heavy atom. The van der Waals surface area contributed by atoms with Crippen LogP contribution in [0.3, 0.4) is 0 Å². The van der Waals surface area contributed by atoms with Crippen LogP contribution in [-0.2, 0) is 6.54 Å². The fourth-order valence-corrected chi connectivity index (χ4v) is 4.51. The summed E-state index contributed by atoms with van der Waals surface area (Å²) in [6.07, 6.45) is 8.98. The van der Waals surface area contributed by atoms with Crippen LogP contribution in [0.4, 0.5) is 0 Å². The molecule has 0 bridgehead atoms. The number of fused-ring (bicyclic) bond motifs is 1. The highest BCUT2D eigenvalue weighted by Gasteiger charge is 2.40. The summed E-state index contributed by atoms with van der Waals surface area (Å²) in [5, 5.41) is 14.5. The lowest BCUT2D eigenvalue weighted by Crippen LogP contribution is -2.43. The minimum atomic E-state index is 0.0320. The van der Waals surface area contributed by atoms with Crippen molar-refractivity contribution in [2.75, 3.05) is 13.2 Å². The first-order valence-corrected chi connectivity index (χ1v) is 9.85. The first kappa shape index (κ1) is 16.7. The van der Waals surface area contributed by atoms with Crippen LogP contribution in [0, 0.1) is 0 Å². The molecule has 2 heterocycles. The summed E-state index contributed by atoms with van der Waals surface area (Å²) in [4.78, 5) is 20.1. The zero-order valence-corrected chi connectivity index (χ0v) is 15.3. The summed E-state index contributed by atoms with van der Waals surface area (Å²) in [5.74, 6) is 0.121. The maximum Gasteiger partial charge on any atom is 0.255 e. The van der Waals surface area contributed by atoms with E-state index in [1.165, 1.54) is 11.1 Å². The van der Waals surface area contributed by atoms with E-state index in [0.717, 1.165) is 55.1 Å². The van der Waals surface area contributed by atoms with Crippen LogP contribution < -0.4 is 0 Å². The second kappa shape index (κ2) is 6.60. The van der Waals surface area contributed by atoms with E-state index >= 15 is 0 Å². The van der Waals surface area contributed by atoms with Gasteiger partial charge in [-0.2, -0.15) is 5.10 Å². The number of nitrogens with zero attached hydrogens (tertiary/aromatic N) is 4. The molecule has 2 aromatic rings. The Balaban J connectivity index is 1.48. The van der Waals surface area contributed by atoms with E-state index < -0.39 is 0 Å². The van der Waals surface area contributed by atoms with Gasteiger partial charge in [0.25, 0.3) is 5.91 Å². The number of aliphatic hydroxyl groups excluding tert-OH is 1. The zero-order chi connectivity index (χ0) is 18.4. The molecule has 1 saturated carbocycles. The maximum absolute atomic E-state index is 13.6. The molecule has 5 rings (SSSR count). The van der Waals surface area contributed by atoms with Crippen molar-refractivity contribution in [3.05, 3.63) is 41.1 Å². The lowest BCUT2D eigenvalue weighted by Gasteiger charge is -2.35. The number of amides is 1. The summed E-state index contributed by atoms with van der Waals surface area (Å²) in [6.45, 7) is 1.32. The largest absolute Gasteiger partial charge is 0.394 e. The molecule has 0 spiro atoms. The van der Waals surface area contributed by atoms with Crippen LogP contribution >= 0.6 is 0 Å².